The highest BCUT2D eigenvalue weighted by Gasteiger charge is 2.14. The number of likely N-dealkylation sites (N-methyl/N-ethyl adjacent to an activating group) is 1. The molecule has 0 N–H and O–H groups in total. The van der Waals surface area contributed by atoms with Crippen molar-refractivity contribution in [1.82, 2.24) is 9.88 Å². The molecule has 2 aromatic rings. The van der Waals surface area contributed by atoms with Gasteiger partial charge in [0.25, 0.3) is 0 Å². The number of thiazole rings is 1. The minimum Gasteiger partial charge on any atom is -0.496 e. The van der Waals surface area contributed by atoms with Crippen LogP contribution in [0.3, 0.4) is 0 Å². The van der Waals surface area contributed by atoms with Crippen LogP contribution in [-0.4, -0.2) is 36.4 Å². The minimum atomic E-state index is 0.0527. The Kier molecular flexibility index (Phi) is 4.87. The number of hydrogen-bond acceptors (Lipinski definition) is 5. The number of carbonyl (C=O) groups excluding carboxylic acids is 1. The van der Waals surface area contributed by atoms with Crippen molar-refractivity contribution < 1.29 is 9.53 Å². The highest BCUT2D eigenvalue weighted by atomic mass is 32.1. The summed E-state index contributed by atoms with van der Waals surface area (Å²) in [6.45, 7) is 3.00. The Morgan fingerprint density at radius 3 is 2.80 bits per heavy atom. The molecule has 0 fully saturated rings. The lowest BCUT2D eigenvalue weighted by molar-refractivity contribution is 0.0939. The Morgan fingerprint density at radius 1 is 1.40 bits per heavy atom. The summed E-state index contributed by atoms with van der Waals surface area (Å²) < 4.78 is 5.22. The van der Waals surface area contributed by atoms with Crippen LogP contribution in [0, 0.1) is 6.92 Å². The molecule has 1 heterocycles. The Labute approximate surface area is 123 Å². The molecule has 0 amide bonds. The number of benzene rings is 1. The van der Waals surface area contributed by atoms with E-state index in [0.29, 0.717) is 24.4 Å². The van der Waals surface area contributed by atoms with Gasteiger partial charge in [0.2, 0.25) is 0 Å². The van der Waals surface area contributed by atoms with Gasteiger partial charge in [0.05, 0.1) is 29.9 Å². The van der Waals surface area contributed by atoms with Crippen LogP contribution in [0.25, 0.3) is 0 Å². The molecule has 0 spiro atoms. The van der Waals surface area contributed by atoms with E-state index in [0.717, 1.165) is 10.7 Å². The van der Waals surface area contributed by atoms with E-state index in [-0.39, 0.29) is 5.78 Å². The highest BCUT2D eigenvalue weighted by molar-refractivity contribution is 7.09. The van der Waals surface area contributed by atoms with Crippen LogP contribution in [-0.2, 0) is 6.54 Å². The van der Waals surface area contributed by atoms with Gasteiger partial charge >= 0.3 is 0 Å². The monoisotopic (exact) mass is 290 g/mol. The first-order valence-corrected chi connectivity index (χ1v) is 7.24. The maximum Gasteiger partial charge on any atom is 0.180 e. The van der Waals surface area contributed by atoms with Crippen molar-refractivity contribution in [2.75, 3.05) is 20.7 Å². The summed E-state index contributed by atoms with van der Waals surface area (Å²) in [5.74, 6) is 0.673. The molecule has 1 aromatic heterocycles. The van der Waals surface area contributed by atoms with Crippen molar-refractivity contribution in [3.63, 3.8) is 0 Å². The van der Waals surface area contributed by atoms with Gasteiger partial charge in [-0.25, -0.2) is 4.98 Å². The molecule has 0 aliphatic carbocycles. The standard InChI is InChI=1S/C15H18N2O2S/c1-11-16-12(10-20-11)8-17(2)9-14(18)13-6-4-5-7-15(13)19-3/h4-7,10H,8-9H2,1-3H3. The second kappa shape index (κ2) is 6.63. The summed E-state index contributed by atoms with van der Waals surface area (Å²) in [7, 11) is 3.50. The summed E-state index contributed by atoms with van der Waals surface area (Å²) in [5.41, 5.74) is 1.62. The van der Waals surface area contributed by atoms with Crippen LogP contribution in [0.4, 0.5) is 0 Å². The maximum absolute atomic E-state index is 12.3. The summed E-state index contributed by atoms with van der Waals surface area (Å²) in [6, 6.07) is 7.30. The van der Waals surface area contributed by atoms with Crippen molar-refractivity contribution in [3.05, 3.63) is 45.9 Å². The molecule has 0 unspecified atom stereocenters. The molecule has 0 saturated heterocycles. The van der Waals surface area contributed by atoms with Crippen molar-refractivity contribution in [2.24, 2.45) is 0 Å². The molecular formula is C15H18N2O2S. The Morgan fingerprint density at radius 2 is 2.15 bits per heavy atom. The molecule has 0 aliphatic rings. The van der Waals surface area contributed by atoms with Gasteiger partial charge in [-0.15, -0.1) is 11.3 Å². The van der Waals surface area contributed by atoms with Gasteiger partial charge in [0, 0.05) is 11.9 Å². The van der Waals surface area contributed by atoms with E-state index in [9.17, 15) is 4.79 Å². The first-order valence-electron chi connectivity index (χ1n) is 6.36. The van der Waals surface area contributed by atoms with Crippen LogP contribution in [0.1, 0.15) is 21.1 Å². The number of para-hydroxylation sites is 1. The summed E-state index contributed by atoms with van der Waals surface area (Å²) in [6.07, 6.45) is 0. The molecule has 0 aliphatic heterocycles. The third-order valence-corrected chi connectivity index (χ3v) is 3.74. The van der Waals surface area contributed by atoms with E-state index in [1.54, 1.807) is 30.6 Å². The molecule has 0 atom stereocenters. The van der Waals surface area contributed by atoms with E-state index in [1.807, 2.05) is 36.4 Å². The zero-order chi connectivity index (χ0) is 14.5. The third-order valence-electron chi connectivity index (χ3n) is 2.92. The second-order valence-electron chi connectivity index (χ2n) is 4.65. The summed E-state index contributed by atoms with van der Waals surface area (Å²) >= 11 is 1.63. The number of ether oxygens (including phenoxy) is 1. The average molecular weight is 290 g/mol. The second-order valence-corrected chi connectivity index (χ2v) is 5.72. The number of Topliss-reactive ketones (excluding diaryl/α,β-unsaturated/α-hetero) is 1. The van der Waals surface area contributed by atoms with E-state index >= 15 is 0 Å². The lowest BCUT2D eigenvalue weighted by atomic mass is 10.1. The van der Waals surface area contributed by atoms with E-state index in [2.05, 4.69) is 4.98 Å². The van der Waals surface area contributed by atoms with Gasteiger partial charge in [-0.05, 0) is 26.1 Å². The number of rotatable bonds is 6. The van der Waals surface area contributed by atoms with Crippen LogP contribution < -0.4 is 4.74 Å². The number of methoxy groups -OCH3 is 1. The zero-order valence-electron chi connectivity index (χ0n) is 11.9. The van der Waals surface area contributed by atoms with Crippen molar-refractivity contribution >= 4 is 17.1 Å². The molecule has 0 saturated carbocycles. The average Bonchev–Trinajstić information content (AvgIpc) is 2.83. The molecular weight excluding hydrogens is 272 g/mol. The Hall–Kier alpha value is -1.72. The number of aryl methyl sites for hydroxylation is 1. The van der Waals surface area contributed by atoms with Gasteiger partial charge in [-0.2, -0.15) is 0 Å². The SMILES string of the molecule is COc1ccccc1C(=O)CN(C)Cc1csc(C)n1. The number of carbonyl (C=O) groups is 1. The molecule has 5 heteroatoms. The van der Waals surface area contributed by atoms with Crippen LogP contribution in [0.2, 0.25) is 0 Å². The van der Waals surface area contributed by atoms with Crippen LogP contribution in [0.15, 0.2) is 29.6 Å². The first kappa shape index (κ1) is 14.7. The van der Waals surface area contributed by atoms with Gasteiger partial charge in [-0.1, -0.05) is 12.1 Å². The van der Waals surface area contributed by atoms with Crippen LogP contribution >= 0.6 is 11.3 Å². The normalized spacial score (nSPS) is 10.8. The quantitative estimate of drug-likeness (QED) is 0.767. The van der Waals surface area contributed by atoms with Crippen molar-refractivity contribution in [1.29, 1.82) is 0 Å². The molecule has 106 valence electrons. The van der Waals surface area contributed by atoms with Crippen molar-refractivity contribution in [3.8, 4) is 5.75 Å². The van der Waals surface area contributed by atoms with Gasteiger partial charge in [0.1, 0.15) is 5.75 Å². The zero-order valence-corrected chi connectivity index (χ0v) is 12.7. The van der Waals surface area contributed by atoms with Crippen LogP contribution in [0.5, 0.6) is 5.75 Å². The summed E-state index contributed by atoms with van der Waals surface area (Å²) in [5, 5.41) is 3.07. The molecule has 4 nitrogen and oxygen atoms in total. The smallest absolute Gasteiger partial charge is 0.180 e. The Balaban J connectivity index is 2.00. The topological polar surface area (TPSA) is 42.4 Å². The molecule has 0 radical (unpaired) electrons. The predicted molar refractivity (Wildman–Crippen MR) is 80.5 cm³/mol. The predicted octanol–water partition coefficient (Wildman–Crippen LogP) is 2.77. The molecule has 20 heavy (non-hydrogen) atoms. The van der Waals surface area contributed by atoms with Gasteiger partial charge < -0.3 is 4.74 Å². The van der Waals surface area contributed by atoms with Gasteiger partial charge in [0.15, 0.2) is 5.78 Å². The molecule has 0 bridgehead atoms. The lowest BCUT2D eigenvalue weighted by Gasteiger charge is -2.15. The molecule has 1 aromatic carbocycles. The highest BCUT2D eigenvalue weighted by Crippen LogP contribution is 2.18. The number of nitrogens with zero attached hydrogens (tertiary/aromatic N) is 2. The van der Waals surface area contributed by atoms with Crippen molar-refractivity contribution in [2.45, 2.75) is 13.5 Å². The number of aromatic nitrogens is 1. The summed E-state index contributed by atoms with van der Waals surface area (Å²) in [4.78, 5) is 18.7. The fraction of sp³-hybridized carbons (Fsp3) is 0.333. The first-order chi connectivity index (χ1) is 9.60. The minimum absolute atomic E-state index is 0.0527. The lowest BCUT2D eigenvalue weighted by Crippen LogP contribution is -2.26. The number of ketones is 1. The maximum atomic E-state index is 12.3. The van der Waals surface area contributed by atoms with E-state index < -0.39 is 0 Å². The molecule has 2 rings (SSSR count). The van der Waals surface area contributed by atoms with Gasteiger partial charge in [-0.3, -0.25) is 9.69 Å². The third kappa shape index (κ3) is 3.65. The fourth-order valence-corrected chi connectivity index (χ4v) is 2.62. The van der Waals surface area contributed by atoms with E-state index in [1.165, 1.54) is 0 Å². The largest absolute Gasteiger partial charge is 0.496 e. The Bertz CT molecular complexity index is 595. The number of hydrogen-bond donors (Lipinski definition) is 0. The fourth-order valence-electron chi connectivity index (χ4n) is 2.02. The van der Waals surface area contributed by atoms with E-state index in [4.69, 9.17) is 4.74 Å².